The number of hydrogen-bond donors (Lipinski definition) is 3. The number of carboxylic acids is 1. The zero-order chi connectivity index (χ0) is 19.3. The predicted octanol–water partition coefficient (Wildman–Crippen LogP) is 1.14. The van der Waals surface area contributed by atoms with Gasteiger partial charge in [0.05, 0.1) is 16.8 Å². The molecule has 3 rings (SSSR count). The molecular weight excluding hydrogens is 343 g/mol. The number of aromatic nitrogens is 2. The van der Waals surface area contributed by atoms with E-state index in [4.69, 9.17) is 16.4 Å². The molecule has 4 N–H and O–H groups in total. The first-order valence-corrected chi connectivity index (χ1v) is 8.21. The van der Waals surface area contributed by atoms with Crippen molar-refractivity contribution in [2.75, 3.05) is 5.84 Å². The van der Waals surface area contributed by atoms with Gasteiger partial charge in [-0.1, -0.05) is 6.92 Å². The highest BCUT2D eigenvalue weighted by atomic mass is 19.1. The predicted molar refractivity (Wildman–Crippen MR) is 93.8 cm³/mol. The van der Waals surface area contributed by atoms with Gasteiger partial charge in [-0.25, -0.2) is 9.18 Å². The summed E-state index contributed by atoms with van der Waals surface area (Å²) in [7, 11) is 0. The molecule has 8 nitrogen and oxygen atoms in total. The van der Waals surface area contributed by atoms with Gasteiger partial charge in [0, 0.05) is 23.7 Å². The third-order valence-corrected chi connectivity index (χ3v) is 4.74. The zero-order valence-electron chi connectivity index (χ0n) is 14.4. The third kappa shape index (κ3) is 2.69. The summed E-state index contributed by atoms with van der Waals surface area (Å²) < 4.78 is 16.5. The Bertz CT molecular complexity index is 1070. The quantitative estimate of drug-likeness (QED) is 0.542. The number of nitrogens with one attached hydrogen (secondary N) is 1. The minimum Gasteiger partial charge on any atom is -0.481 e. The SMILES string of the molecule is Cc1c(C(=N)CC(C)C(=O)O)c(F)cc2c(=O)n(N)c(=O)n(C3CC3)c12. The van der Waals surface area contributed by atoms with Gasteiger partial charge in [0.1, 0.15) is 5.82 Å². The lowest BCUT2D eigenvalue weighted by Crippen LogP contribution is -2.44. The van der Waals surface area contributed by atoms with Crippen molar-refractivity contribution in [3.8, 4) is 0 Å². The lowest BCUT2D eigenvalue weighted by atomic mass is 9.94. The highest BCUT2D eigenvalue weighted by Crippen LogP contribution is 2.37. The van der Waals surface area contributed by atoms with Gasteiger partial charge in [-0.15, -0.1) is 0 Å². The molecule has 1 aromatic carbocycles. The number of fused-ring (bicyclic) bond motifs is 1. The molecule has 1 aromatic heterocycles. The Morgan fingerprint density at radius 1 is 1.46 bits per heavy atom. The van der Waals surface area contributed by atoms with E-state index in [2.05, 4.69) is 0 Å². The van der Waals surface area contributed by atoms with Crippen molar-refractivity contribution in [3.63, 3.8) is 0 Å². The monoisotopic (exact) mass is 362 g/mol. The lowest BCUT2D eigenvalue weighted by molar-refractivity contribution is -0.140. The second kappa shape index (κ2) is 6.08. The summed E-state index contributed by atoms with van der Waals surface area (Å²) in [5.41, 5.74) is -1.23. The van der Waals surface area contributed by atoms with Crippen LogP contribution in [0.2, 0.25) is 0 Å². The van der Waals surface area contributed by atoms with Crippen LogP contribution in [0.5, 0.6) is 0 Å². The molecule has 1 aliphatic rings. The summed E-state index contributed by atoms with van der Waals surface area (Å²) in [6, 6.07) is 0.853. The lowest BCUT2D eigenvalue weighted by Gasteiger charge is -2.17. The van der Waals surface area contributed by atoms with Crippen molar-refractivity contribution in [2.45, 2.75) is 39.2 Å². The van der Waals surface area contributed by atoms with Crippen molar-refractivity contribution in [3.05, 3.63) is 43.8 Å². The van der Waals surface area contributed by atoms with Gasteiger partial charge in [-0.2, -0.15) is 4.68 Å². The molecule has 0 bridgehead atoms. The normalized spacial score (nSPS) is 15.2. The van der Waals surface area contributed by atoms with Crippen LogP contribution in [-0.4, -0.2) is 26.0 Å². The van der Waals surface area contributed by atoms with Crippen molar-refractivity contribution in [1.29, 1.82) is 5.41 Å². The number of aliphatic carboxylic acids is 1. The molecule has 26 heavy (non-hydrogen) atoms. The number of hydrogen-bond acceptors (Lipinski definition) is 5. The highest BCUT2D eigenvalue weighted by molar-refractivity contribution is 6.04. The number of rotatable bonds is 5. The van der Waals surface area contributed by atoms with Gasteiger partial charge in [0.15, 0.2) is 0 Å². The molecule has 1 heterocycles. The number of aryl methyl sites for hydroxylation is 1. The van der Waals surface area contributed by atoms with E-state index in [9.17, 15) is 18.8 Å². The van der Waals surface area contributed by atoms with Gasteiger partial charge < -0.3 is 16.4 Å². The van der Waals surface area contributed by atoms with Crippen molar-refractivity contribution >= 4 is 22.6 Å². The molecule has 1 aliphatic carbocycles. The second-order valence-electron chi connectivity index (χ2n) is 6.74. The summed E-state index contributed by atoms with van der Waals surface area (Å²) in [6.07, 6.45) is 1.32. The molecule has 2 aromatic rings. The van der Waals surface area contributed by atoms with Crippen LogP contribution in [0.3, 0.4) is 0 Å². The summed E-state index contributed by atoms with van der Waals surface area (Å²) in [5, 5.41) is 17.1. The van der Waals surface area contributed by atoms with Crippen LogP contribution in [-0.2, 0) is 4.79 Å². The fraction of sp³-hybridized carbons (Fsp3) is 0.412. The largest absolute Gasteiger partial charge is 0.481 e. The van der Waals surface area contributed by atoms with Gasteiger partial charge in [0.25, 0.3) is 5.56 Å². The summed E-state index contributed by atoms with van der Waals surface area (Å²) in [5.74, 6) is 2.79. The molecule has 0 amide bonds. The van der Waals surface area contributed by atoms with Gasteiger partial charge >= 0.3 is 11.7 Å². The number of nitrogens with zero attached hydrogens (tertiary/aromatic N) is 2. The number of halogens is 1. The van der Waals surface area contributed by atoms with E-state index in [1.807, 2.05) is 0 Å². The third-order valence-electron chi connectivity index (χ3n) is 4.74. The molecule has 0 aliphatic heterocycles. The Labute approximate surface area is 147 Å². The van der Waals surface area contributed by atoms with E-state index in [-0.39, 0.29) is 40.2 Å². The maximum Gasteiger partial charge on any atom is 0.350 e. The van der Waals surface area contributed by atoms with Crippen molar-refractivity contribution in [2.24, 2.45) is 5.92 Å². The Morgan fingerprint density at radius 3 is 2.62 bits per heavy atom. The molecule has 9 heteroatoms. The van der Waals surface area contributed by atoms with Crippen molar-refractivity contribution in [1.82, 2.24) is 9.24 Å². The van der Waals surface area contributed by atoms with E-state index >= 15 is 0 Å². The molecule has 138 valence electrons. The van der Waals surface area contributed by atoms with Crippen LogP contribution in [0.15, 0.2) is 15.7 Å². The minimum absolute atomic E-state index is 0.0307. The van der Waals surface area contributed by atoms with Crippen molar-refractivity contribution < 1.29 is 14.3 Å². The second-order valence-corrected chi connectivity index (χ2v) is 6.74. The fourth-order valence-electron chi connectivity index (χ4n) is 3.21. The van der Waals surface area contributed by atoms with E-state index in [1.54, 1.807) is 0 Å². The van der Waals surface area contributed by atoms with Crippen LogP contribution in [0.1, 0.15) is 43.4 Å². The maximum absolute atomic E-state index is 14.7. The average molecular weight is 362 g/mol. The minimum atomic E-state index is -1.09. The number of carboxylic acid groups (broad SMARTS) is 1. The van der Waals surface area contributed by atoms with E-state index in [1.165, 1.54) is 18.4 Å². The zero-order valence-corrected chi connectivity index (χ0v) is 14.4. The Morgan fingerprint density at radius 2 is 2.08 bits per heavy atom. The van der Waals surface area contributed by atoms with E-state index in [0.29, 0.717) is 4.68 Å². The maximum atomic E-state index is 14.7. The number of nitrogen functional groups attached to an aromatic ring is 1. The smallest absolute Gasteiger partial charge is 0.350 e. The highest BCUT2D eigenvalue weighted by Gasteiger charge is 2.30. The molecule has 0 radical (unpaired) electrons. The molecular formula is C17H19FN4O4. The van der Waals surface area contributed by atoms with E-state index in [0.717, 1.165) is 18.9 Å². The summed E-state index contributed by atoms with van der Waals surface area (Å²) in [6.45, 7) is 2.96. The summed E-state index contributed by atoms with van der Waals surface area (Å²) in [4.78, 5) is 35.8. The van der Waals surface area contributed by atoms with Crippen LogP contribution in [0.4, 0.5) is 4.39 Å². The first-order chi connectivity index (χ1) is 12.1. The molecule has 1 saturated carbocycles. The van der Waals surface area contributed by atoms with Crippen LogP contribution < -0.4 is 17.1 Å². The number of carbonyl (C=O) groups is 1. The number of benzene rings is 1. The van der Waals surface area contributed by atoms with Gasteiger partial charge in [0.2, 0.25) is 0 Å². The first-order valence-electron chi connectivity index (χ1n) is 8.21. The Kier molecular flexibility index (Phi) is 4.17. The van der Waals surface area contributed by atoms with Gasteiger partial charge in [-0.3, -0.25) is 14.2 Å². The average Bonchev–Trinajstić information content (AvgIpc) is 3.38. The Hall–Kier alpha value is -2.97. The Balaban J connectivity index is 2.31. The topological polar surface area (TPSA) is 131 Å². The number of nitrogens with two attached hydrogens (primary N) is 1. The fourth-order valence-corrected chi connectivity index (χ4v) is 3.21. The van der Waals surface area contributed by atoms with E-state index < -0.39 is 29.0 Å². The van der Waals surface area contributed by atoms with Crippen LogP contribution >= 0.6 is 0 Å². The molecule has 0 spiro atoms. The standard InChI is InChI=1S/C17H19FN4O4/c1-7(16(24)25)5-12(19)13-8(2)14-10(6-11(13)18)15(23)22(20)17(26)21(14)9-3-4-9/h6-7,9,19H,3-5,20H2,1-2H3,(H,24,25). The van der Waals surface area contributed by atoms with Crippen LogP contribution in [0, 0.1) is 24.1 Å². The molecule has 1 atom stereocenters. The summed E-state index contributed by atoms with van der Waals surface area (Å²) >= 11 is 0. The molecule has 1 unspecified atom stereocenters. The first kappa shape index (κ1) is 17.8. The molecule has 0 saturated heterocycles. The van der Waals surface area contributed by atoms with Gasteiger partial charge in [-0.05, 0) is 31.4 Å². The van der Waals surface area contributed by atoms with Crippen LogP contribution in [0.25, 0.3) is 10.9 Å². The molecule has 1 fully saturated rings.